The van der Waals surface area contributed by atoms with Crippen molar-refractivity contribution in [2.75, 3.05) is 0 Å². The van der Waals surface area contributed by atoms with Gasteiger partial charge in [0.1, 0.15) is 0 Å². The maximum absolute atomic E-state index is 9.38. The fourth-order valence-electron chi connectivity index (χ4n) is 2.43. The molecule has 2 rings (SSSR count). The number of aliphatic hydroxyl groups is 1. The average molecular weight is 219 g/mol. The zero-order chi connectivity index (χ0) is 11.5. The first-order valence-corrected chi connectivity index (χ1v) is 5.87. The minimum atomic E-state index is -0.478. The molecule has 0 radical (unpaired) electrons. The second kappa shape index (κ2) is 5.00. The van der Waals surface area contributed by atoms with E-state index in [1.165, 1.54) is 11.1 Å². The van der Waals surface area contributed by atoms with Crippen LogP contribution in [0, 0.1) is 0 Å². The van der Waals surface area contributed by atoms with E-state index in [9.17, 15) is 5.02 Å². The highest BCUT2D eigenvalue weighted by Gasteiger charge is 2.21. The molecule has 16 heavy (non-hydrogen) atoms. The maximum atomic E-state index is 9.38. The van der Waals surface area contributed by atoms with E-state index >= 15 is 0 Å². The van der Waals surface area contributed by atoms with Crippen LogP contribution in [0.4, 0.5) is 0 Å². The van der Waals surface area contributed by atoms with E-state index < -0.39 is 7.05 Å². The molecule has 1 aromatic carbocycles. The summed E-state index contributed by atoms with van der Waals surface area (Å²) in [5.74, 6) is 0. The molecule has 0 saturated heterocycles. The van der Waals surface area contributed by atoms with Gasteiger partial charge >= 0.3 is 7.05 Å². The SMILES string of the molecule is CB(O)N[C@@H]1CCCc2cc(CO)ccc21. The van der Waals surface area contributed by atoms with Crippen molar-refractivity contribution in [1.82, 2.24) is 5.23 Å². The summed E-state index contributed by atoms with van der Waals surface area (Å²) in [6.07, 6.45) is 3.27. The van der Waals surface area contributed by atoms with E-state index in [4.69, 9.17) is 5.11 Å². The topological polar surface area (TPSA) is 52.5 Å². The molecule has 0 bridgehead atoms. The lowest BCUT2D eigenvalue weighted by molar-refractivity contribution is 0.281. The first-order valence-electron chi connectivity index (χ1n) is 5.87. The van der Waals surface area contributed by atoms with E-state index in [0.717, 1.165) is 24.8 Å². The van der Waals surface area contributed by atoms with Crippen LogP contribution in [0.2, 0.25) is 6.82 Å². The fourth-order valence-corrected chi connectivity index (χ4v) is 2.43. The standard InChI is InChI=1S/C12H18BNO2/c1-13(16)14-12-4-2-3-10-7-9(8-15)5-6-11(10)12/h5-7,12,14-16H,2-4,8H2,1H3/t12-/m1/s1. The molecule has 0 heterocycles. The van der Waals surface area contributed by atoms with Crippen LogP contribution in [0.5, 0.6) is 0 Å². The number of nitrogens with one attached hydrogen (secondary N) is 1. The number of aliphatic hydroxyl groups excluding tert-OH is 1. The quantitative estimate of drug-likeness (QED) is 0.670. The summed E-state index contributed by atoms with van der Waals surface area (Å²) in [4.78, 5) is 0. The third kappa shape index (κ3) is 2.46. The van der Waals surface area contributed by atoms with Crippen molar-refractivity contribution >= 4 is 7.05 Å². The van der Waals surface area contributed by atoms with Gasteiger partial charge in [0.25, 0.3) is 0 Å². The Kier molecular flexibility index (Phi) is 3.64. The molecule has 86 valence electrons. The molecule has 3 N–H and O–H groups in total. The number of hydrogen-bond acceptors (Lipinski definition) is 3. The van der Waals surface area contributed by atoms with Crippen molar-refractivity contribution in [2.45, 2.75) is 38.7 Å². The van der Waals surface area contributed by atoms with Crippen molar-refractivity contribution in [1.29, 1.82) is 0 Å². The lowest BCUT2D eigenvalue weighted by atomic mass is 9.80. The zero-order valence-electron chi connectivity index (χ0n) is 9.61. The fraction of sp³-hybridized carbons (Fsp3) is 0.500. The second-order valence-corrected chi connectivity index (χ2v) is 4.48. The van der Waals surface area contributed by atoms with Gasteiger partial charge in [0.05, 0.1) is 6.61 Å². The van der Waals surface area contributed by atoms with Crippen LogP contribution in [0.25, 0.3) is 0 Å². The molecule has 0 fully saturated rings. The van der Waals surface area contributed by atoms with Gasteiger partial charge in [-0.15, -0.1) is 0 Å². The molecule has 0 saturated carbocycles. The number of benzene rings is 1. The minimum Gasteiger partial charge on any atom is -0.437 e. The Bertz CT molecular complexity index is 368. The molecule has 0 amide bonds. The van der Waals surface area contributed by atoms with Crippen LogP contribution in [0.15, 0.2) is 18.2 Å². The van der Waals surface area contributed by atoms with Gasteiger partial charge in [-0.3, -0.25) is 0 Å². The van der Waals surface area contributed by atoms with E-state index in [-0.39, 0.29) is 12.6 Å². The van der Waals surface area contributed by atoms with Gasteiger partial charge in [-0.25, -0.2) is 0 Å². The molecule has 0 aromatic heterocycles. The van der Waals surface area contributed by atoms with E-state index in [2.05, 4.69) is 17.4 Å². The van der Waals surface area contributed by atoms with Gasteiger partial charge in [-0.05, 0) is 42.8 Å². The van der Waals surface area contributed by atoms with Crippen LogP contribution >= 0.6 is 0 Å². The summed E-state index contributed by atoms with van der Waals surface area (Å²) in [6, 6.07) is 6.35. The molecule has 0 unspecified atom stereocenters. The molecule has 1 aliphatic carbocycles. The van der Waals surface area contributed by atoms with Crippen molar-refractivity contribution in [3.8, 4) is 0 Å². The normalized spacial score (nSPS) is 19.3. The highest BCUT2D eigenvalue weighted by molar-refractivity contribution is 6.45. The van der Waals surface area contributed by atoms with Gasteiger partial charge < -0.3 is 15.4 Å². The van der Waals surface area contributed by atoms with E-state index in [1.54, 1.807) is 6.82 Å². The second-order valence-electron chi connectivity index (χ2n) is 4.48. The highest BCUT2D eigenvalue weighted by Crippen LogP contribution is 2.30. The largest absolute Gasteiger partial charge is 0.437 e. The highest BCUT2D eigenvalue weighted by atomic mass is 16.3. The molecule has 0 aliphatic heterocycles. The zero-order valence-corrected chi connectivity index (χ0v) is 9.61. The Morgan fingerprint density at radius 2 is 2.31 bits per heavy atom. The summed E-state index contributed by atoms with van der Waals surface area (Å²) < 4.78 is 0. The van der Waals surface area contributed by atoms with E-state index in [0.29, 0.717) is 0 Å². The summed E-state index contributed by atoms with van der Waals surface area (Å²) in [5.41, 5.74) is 3.54. The minimum absolute atomic E-state index is 0.0990. The average Bonchev–Trinajstić information content (AvgIpc) is 2.28. The molecule has 1 atom stereocenters. The molecular formula is C12H18BNO2. The Hall–Kier alpha value is -0.835. The molecule has 0 spiro atoms. The first-order chi connectivity index (χ1) is 7.70. The molecule has 1 aliphatic rings. The van der Waals surface area contributed by atoms with Gasteiger partial charge in [-0.2, -0.15) is 0 Å². The summed E-state index contributed by atoms with van der Waals surface area (Å²) in [6.45, 7) is 1.85. The Balaban J connectivity index is 2.25. The van der Waals surface area contributed by atoms with Gasteiger partial charge in [0.15, 0.2) is 0 Å². The monoisotopic (exact) mass is 219 g/mol. The molecule has 4 heteroatoms. The van der Waals surface area contributed by atoms with Crippen molar-refractivity contribution in [2.24, 2.45) is 0 Å². The summed E-state index contributed by atoms with van der Waals surface area (Å²) in [5, 5.41) is 21.6. The van der Waals surface area contributed by atoms with Gasteiger partial charge in [-0.1, -0.05) is 18.2 Å². The van der Waals surface area contributed by atoms with Gasteiger partial charge in [0, 0.05) is 6.04 Å². The first kappa shape index (κ1) is 11.6. The smallest absolute Gasteiger partial charge is 0.374 e. The van der Waals surface area contributed by atoms with Crippen molar-refractivity contribution < 1.29 is 10.1 Å². The third-order valence-corrected chi connectivity index (χ3v) is 3.15. The summed E-state index contributed by atoms with van der Waals surface area (Å²) in [7, 11) is -0.478. The van der Waals surface area contributed by atoms with Gasteiger partial charge in [0.2, 0.25) is 0 Å². The van der Waals surface area contributed by atoms with Crippen LogP contribution in [-0.2, 0) is 13.0 Å². The molecule has 1 aromatic rings. The number of rotatable bonds is 3. The summed E-state index contributed by atoms with van der Waals surface area (Å²) >= 11 is 0. The molecule has 3 nitrogen and oxygen atoms in total. The van der Waals surface area contributed by atoms with E-state index in [1.807, 2.05) is 6.07 Å². The predicted octanol–water partition coefficient (Wildman–Crippen LogP) is 1.26. The van der Waals surface area contributed by atoms with Crippen LogP contribution in [0.1, 0.15) is 35.6 Å². The van der Waals surface area contributed by atoms with Crippen molar-refractivity contribution in [3.05, 3.63) is 34.9 Å². The molecular weight excluding hydrogens is 201 g/mol. The van der Waals surface area contributed by atoms with Crippen LogP contribution < -0.4 is 5.23 Å². The number of fused-ring (bicyclic) bond motifs is 1. The van der Waals surface area contributed by atoms with Crippen LogP contribution in [0.3, 0.4) is 0 Å². The predicted molar refractivity (Wildman–Crippen MR) is 65.0 cm³/mol. The Morgan fingerprint density at radius 3 is 3.00 bits per heavy atom. The third-order valence-electron chi connectivity index (χ3n) is 3.15. The number of aryl methyl sites for hydroxylation is 1. The Labute approximate surface area is 96.6 Å². The van der Waals surface area contributed by atoms with Crippen LogP contribution in [-0.4, -0.2) is 17.2 Å². The van der Waals surface area contributed by atoms with Crippen molar-refractivity contribution in [3.63, 3.8) is 0 Å². The lowest BCUT2D eigenvalue weighted by Gasteiger charge is -2.27. The Morgan fingerprint density at radius 1 is 1.50 bits per heavy atom. The maximum Gasteiger partial charge on any atom is 0.374 e. The number of hydrogen-bond donors (Lipinski definition) is 3. The lowest BCUT2D eigenvalue weighted by Crippen LogP contribution is -2.36.